The molecular weight excluding hydrogens is 470 g/mol. The molecule has 2 aliphatic heterocycles. The van der Waals surface area contributed by atoms with E-state index in [0.717, 1.165) is 10.8 Å². The van der Waals surface area contributed by atoms with Gasteiger partial charge in [0, 0.05) is 24.7 Å². The molecule has 0 saturated carbocycles. The number of esters is 1. The first-order valence-electron chi connectivity index (χ1n) is 11.5. The first kappa shape index (κ1) is 23.3. The Hall–Kier alpha value is -3.43. The van der Waals surface area contributed by atoms with E-state index in [1.165, 1.54) is 16.4 Å². The van der Waals surface area contributed by atoms with Crippen LogP contribution in [0.4, 0.5) is 0 Å². The number of ether oxygens (including phenoxy) is 3. The van der Waals surface area contributed by atoms with Crippen LogP contribution in [0, 0.1) is 5.92 Å². The minimum absolute atomic E-state index is 0.128. The van der Waals surface area contributed by atoms with Gasteiger partial charge in [0.1, 0.15) is 13.2 Å². The predicted molar refractivity (Wildman–Crippen MR) is 128 cm³/mol. The Morgan fingerprint density at radius 3 is 2.37 bits per heavy atom. The Bertz CT molecular complexity index is 1380. The fourth-order valence-electron chi connectivity index (χ4n) is 4.37. The molecule has 8 nitrogen and oxygen atoms in total. The summed E-state index contributed by atoms with van der Waals surface area (Å²) in [5.41, 5.74) is 0.483. The van der Waals surface area contributed by atoms with Crippen LogP contribution in [0.15, 0.2) is 65.6 Å². The number of benzene rings is 3. The number of ketones is 1. The van der Waals surface area contributed by atoms with E-state index in [-0.39, 0.29) is 30.4 Å². The van der Waals surface area contributed by atoms with Crippen LogP contribution in [0.2, 0.25) is 0 Å². The van der Waals surface area contributed by atoms with Crippen molar-refractivity contribution in [3.63, 3.8) is 0 Å². The van der Waals surface area contributed by atoms with Gasteiger partial charge in [0.05, 0.1) is 10.8 Å². The largest absolute Gasteiger partial charge is 0.486 e. The number of Topliss-reactive ketones (excluding diaryl/α,β-unsaturated/α-hetero) is 1. The lowest BCUT2D eigenvalue weighted by atomic mass is 9.98. The molecule has 1 fully saturated rings. The quantitative estimate of drug-likeness (QED) is 0.382. The number of sulfonamides is 1. The topological polar surface area (TPSA) is 99.2 Å². The molecular formula is C26H25NO7S. The fraction of sp³-hybridized carbons (Fsp3) is 0.308. The summed E-state index contributed by atoms with van der Waals surface area (Å²) >= 11 is 0. The second-order valence-corrected chi connectivity index (χ2v) is 10.5. The van der Waals surface area contributed by atoms with Gasteiger partial charge in [-0.05, 0) is 41.8 Å². The second kappa shape index (κ2) is 9.67. The van der Waals surface area contributed by atoms with Gasteiger partial charge >= 0.3 is 5.97 Å². The van der Waals surface area contributed by atoms with Crippen LogP contribution in [0.5, 0.6) is 11.5 Å². The van der Waals surface area contributed by atoms with Crippen molar-refractivity contribution in [3.8, 4) is 11.5 Å². The number of hydrogen-bond acceptors (Lipinski definition) is 7. The van der Waals surface area contributed by atoms with Crippen LogP contribution in [-0.4, -0.2) is 57.4 Å². The van der Waals surface area contributed by atoms with E-state index in [9.17, 15) is 18.0 Å². The third-order valence-corrected chi connectivity index (χ3v) is 8.25. The van der Waals surface area contributed by atoms with Crippen molar-refractivity contribution in [1.82, 2.24) is 4.31 Å². The second-order valence-electron chi connectivity index (χ2n) is 8.58. The molecule has 35 heavy (non-hydrogen) atoms. The Kier molecular flexibility index (Phi) is 6.44. The first-order chi connectivity index (χ1) is 16.9. The monoisotopic (exact) mass is 495 g/mol. The third-order valence-electron chi connectivity index (χ3n) is 6.36. The molecule has 0 spiro atoms. The number of piperidine rings is 1. The van der Waals surface area contributed by atoms with Gasteiger partial charge in [-0.1, -0.05) is 36.4 Å². The van der Waals surface area contributed by atoms with E-state index in [1.54, 1.807) is 18.2 Å². The van der Waals surface area contributed by atoms with Crippen molar-refractivity contribution in [3.05, 3.63) is 66.2 Å². The molecule has 0 amide bonds. The van der Waals surface area contributed by atoms with Crippen LogP contribution in [0.25, 0.3) is 10.8 Å². The summed E-state index contributed by atoms with van der Waals surface area (Å²) in [6, 6.07) is 17.7. The van der Waals surface area contributed by atoms with E-state index in [0.29, 0.717) is 43.1 Å². The molecule has 9 heteroatoms. The molecule has 3 aromatic carbocycles. The molecule has 0 radical (unpaired) electrons. The maximum atomic E-state index is 13.1. The average molecular weight is 496 g/mol. The third kappa shape index (κ3) is 4.87. The summed E-state index contributed by atoms with van der Waals surface area (Å²) in [7, 11) is -3.73. The lowest BCUT2D eigenvalue weighted by molar-refractivity contribution is -0.148. The highest BCUT2D eigenvalue weighted by Crippen LogP contribution is 2.34. The summed E-state index contributed by atoms with van der Waals surface area (Å²) in [5, 5.41) is 1.97. The van der Waals surface area contributed by atoms with Gasteiger partial charge in [-0.15, -0.1) is 0 Å². The van der Waals surface area contributed by atoms with Crippen LogP contribution in [0.3, 0.4) is 0 Å². The van der Waals surface area contributed by atoms with Crippen LogP contribution >= 0.6 is 0 Å². The maximum absolute atomic E-state index is 13.1. The molecule has 0 aliphatic carbocycles. The van der Waals surface area contributed by atoms with Crippen LogP contribution in [0.1, 0.15) is 23.2 Å². The number of carbonyl (C=O) groups is 2. The van der Waals surface area contributed by atoms with Gasteiger partial charge in [-0.3, -0.25) is 9.59 Å². The molecule has 182 valence electrons. The average Bonchev–Trinajstić information content (AvgIpc) is 2.91. The number of fused-ring (bicyclic) bond motifs is 2. The maximum Gasteiger partial charge on any atom is 0.309 e. The van der Waals surface area contributed by atoms with Crippen molar-refractivity contribution >= 4 is 32.5 Å². The number of carbonyl (C=O) groups excluding carboxylic acids is 2. The predicted octanol–water partition coefficient (Wildman–Crippen LogP) is 3.44. The number of hydrogen-bond donors (Lipinski definition) is 0. The van der Waals surface area contributed by atoms with Crippen molar-refractivity contribution in [2.24, 2.45) is 5.92 Å². The highest BCUT2D eigenvalue weighted by Gasteiger charge is 2.33. The van der Waals surface area contributed by atoms with E-state index in [1.807, 2.05) is 30.3 Å². The van der Waals surface area contributed by atoms with E-state index >= 15 is 0 Å². The minimum Gasteiger partial charge on any atom is -0.486 e. The first-order valence-corrected chi connectivity index (χ1v) is 12.9. The Morgan fingerprint density at radius 2 is 1.60 bits per heavy atom. The SMILES string of the molecule is O=C(COC(=O)C1CCN(S(=O)(=O)c2ccc3c(c2)OCCO3)CC1)c1ccc2ccccc2c1. The zero-order valence-electron chi connectivity index (χ0n) is 19.0. The standard InChI is InChI=1S/C26H25NO7S/c28-23(21-6-5-18-3-1-2-4-20(18)15-21)17-34-26(29)19-9-11-27(12-10-19)35(30,31)22-7-8-24-25(16-22)33-14-13-32-24/h1-8,15-16,19H,9-14,17H2. The molecule has 0 unspecified atom stereocenters. The highest BCUT2D eigenvalue weighted by atomic mass is 32.2. The minimum atomic E-state index is -3.73. The molecule has 1 saturated heterocycles. The van der Waals surface area contributed by atoms with Crippen LogP contribution < -0.4 is 9.47 Å². The van der Waals surface area contributed by atoms with Crippen molar-refractivity contribution in [1.29, 1.82) is 0 Å². The molecule has 5 rings (SSSR count). The fourth-order valence-corrected chi connectivity index (χ4v) is 5.85. The molecule has 2 aliphatic rings. The zero-order valence-corrected chi connectivity index (χ0v) is 19.8. The summed E-state index contributed by atoms with van der Waals surface area (Å²) in [6.45, 7) is 0.834. The molecule has 0 aromatic heterocycles. The zero-order chi connectivity index (χ0) is 24.4. The Morgan fingerprint density at radius 1 is 0.886 bits per heavy atom. The van der Waals surface area contributed by atoms with Crippen molar-refractivity contribution in [2.45, 2.75) is 17.7 Å². The summed E-state index contributed by atoms with van der Waals surface area (Å²) in [5.74, 6) is -0.272. The van der Waals surface area contributed by atoms with Gasteiger partial charge < -0.3 is 14.2 Å². The van der Waals surface area contributed by atoms with E-state index in [2.05, 4.69) is 0 Å². The van der Waals surface area contributed by atoms with Gasteiger partial charge in [0.25, 0.3) is 0 Å². The molecule has 2 heterocycles. The number of nitrogens with zero attached hydrogens (tertiary/aromatic N) is 1. The molecule has 0 N–H and O–H groups in total. The summed E-state index contributed by atoms with van der Waals surface area (Å²) in [4.78, 5) is 25.2. The lowest BCUT2D eigenvalue weighted by Gasteiger charge is -2.30. The smallest absolute Gasteiger partial charge is 0.309 e. The van der Waals surface area contributed by atoms with Gasteiger partial charge in [-0.25, -0.2) is 8.42 Å². The lowest BCUT2D eigenvalue weighted by Crippen LogP contribution is -2.40. The Balaban J connectivity index is 1.16. The highest BCUT2D eigenvalue weighted by molar-refractivity contribution is 7.89. The number of rotatable bonds is 6. The van der Waals surface area contributed by atoms with Gasteiger partial charge in [0.15, 0.2) is 23.9 Å². The molecule has 0 bridgehead atoms. The van der Waals surface area contributed by atoms with E-state index < -0.39 is 21.9 Å². The van der Waals surface area contributed by atoms with Gasteiger partial charge in [0.2, 0.25) is 10.0 Å². The molecule has 3 aromatic rings. The summed E-state index contributed by atoms with van der Waals surface area (Å²) < 4.78 is 43.8. The molecule has 0 atom stereocenters. The Labute approximate surface area is 203 Å². The normalized spacial score (nSPS) is 16.7. The van der Waals surface area contributed by atoms with Crippen molar-refractivity contribution < 1.29 is 32.2 Å². The van der Waals surface area contributed by atoms with E-state index in [4.69, 9.17) is 14.2 Å². The summed E-state index contributed by atoms with van der Waals surface area (Å²) in [6.07, 6.45) is 0.652. The van der Waals surface area contributed by atoms with Gasteiger partial charge in [-0.2, -0.15) is 4.31 Å². The van der Waals surface area contributed by atoms with Crippen LogP contribution in [-0.2, 0) is 19.6 Å². The van der Waals surface area contributed by atoms with Crippen molar-refractivity contribution in [2.75, 3.05) is 32.9 Å².